The number of pyridine rings is 2. The van der Waals surface area contributed by atoms with Crippen molar-refractivity contribution in [1.82, 2.24) is 19.6 Å². The molecule has 0 radical (unpaired) electrons. The van der Waals surface area contributed by atoms with E-state index in [0.717, 1.165) is 42.2 Å². The summed E-state index contributed by atoms with van der Waals surface area (Å²) in [5, 5.41) is 3.74. The molecule has 0 saturated carbocycles. The molecule has 1 aromatic carbocycles. The molecule has 9 heteroatoms. The summed E-state index contributed by atoms with van der Waals surface area (Å²) < 4.78 is 8.49. The van der Waals surface area contributed by atoms with Crippen LogP contribution in [0.3, 0.4) is 0 Å². The Morgan fingerprint density at radius 1 is 1.03 bits per heavy atom. The average Bonchev–Trinajstić information content (AvgIpc) is 3.24. The maximum absolute atomic E-state index is 13.6. The Bertz CT molecular complexity index is 1400. The summed E-state index contributed by atoms with van der Waals surface area (Å²) >= 11 is 1.48. The first-order valence-electron chi connectivity index (χ1n) is 10.9. The van der Waals surface area contributed by atoms with Crippen molar-refractivity contribution in [3.05, 3.63) is 52.2 Å². The molecule has 5 heterocycles. The van der Waals surface area contributed by atoms with Gasteiger partial charge in [-0.25, -0.2) is 4.98 Å². The molecule has 2 fully saturated rings. The maximum atomic E-state index is 13.6. The molecule has 164 valence electrons. The molecule has 6 rings (SSSR count). The van der Waals surface area contributed by atoms with Crippen LogP contribution in [0.25, 0.3) is 26.1 Å². The van der Waals surface area contributed by atoms with Crippen LogP contribution in [0.2, 0.25) is 0 Å². The van der Waals surface area contributed by atoms with Crippen molar-refractivity contribution in [3.63, 3.8) is 0 Å². The minimum atomic E-state index is -0.240. The molecule has 0 spiro atoms. The van der Waals surface area contributed by atoms with Gasteiger partial charge in [-0.3, -0.25) is 14.0 Å². The molecule has 3 aromatic heterocycles. The lowest BCUT2D eigenvalue weighted by molar-refractivity contribution is 0.0736. The third-order valence-corrected chi connectivity index (χ3v) is 7.37. The second-order valence-corrected chi connectivity index (χ2v) is 9.13. The number of nitrogens with zero attached hydrogens (tertiary/aromatic N) is 4. The highest BCUT2D eigenvalue weighted by Gasteiger charge is 2.27. The van der Waals surface area contributed by atoms with Gasteiger partial charge in [-0.2, -0.15) is 0 Å². The largest absolute Gasteiger partial charge is 0.378 e. The number of amides is 1. The highest BCUT2D eigenvalue weighted by molar-refractivity contribution is 7.24. The minimum Gasteiger partial charge on any atom is -0.378 e. The van der Waals surface area contributed by atoms with E-state index >= 15 is 0 Å². The highest BCUT2D eigenvalue weighted by Crippen LogP contribution is 2.32. The van der Waals surface area contributed by atoms with Gasteiger partial charge >= 0.3 is 0 Å². The normalized spacial score (nSPS) is 17.5. The summed E-state index contributed by atoms with van der Waals surface area (Å²) in [4.78, 5) is 36.7. The fourth-order valence-electron chi connectivity index (χ4n) is 4.56. The number of nitrogens with one attached hydrogen (secondary N) is 1. The fourth-order valence-corrected chi connectivity index (χ4v) is 5.74. The van der Waals surface area contributed by atoms with E-state index < -0.39 is 0 Å². The standard InChI is InChI=1S/C23H23N5O3S/c29-20-15-5-6-18(26-11-13-31-14-12-26)25-21(15)28-16-3-1-2-4-17(16)32-23(28)19(20)22(30)27-9-7-24-8-10-27/h1-6,24H,7-14H2. The van der Waals surface area contributed by atoms with Gasteiger partial charge in [-0.1, -0.05) is 12.1 Å². The van der Waals surface area contributed by atoms with Gasteiger partial charge in [0, 0.05) is 39.3 Å². The fraction of sp³-hybridized carbons (Fsp3) is 0.348. The SMILES string of the molecule is O=C(c1c(=O)c2ccc(N3CCOCC3)nc2n2c1sc1ccccc12)N1CCNCC1. The van der Waals surface area contributed by atoms with Crippen LogP contribution in [0.15, 0.2) is 41.2 Å². The second-order valence-electron chi connectivity index (χ2n) is 8.10. The van der Waals surface area contributed by atoms with E-state index in [2.05, 4.69) is 10.2 Å². The molecule has 2 saturated heterocycles. The number of fused-ring (bicyclic) bond motifs is 5. The lowest BCUT2D eigenvalue weighted by Crippen LogP contribution is -2.47. The number of hydrogen-bond donors (Lipinski definition) is 1. The van der Waals surface area contributed by atoms with Crippen LogP contribution in [0.1, 0.15) is 10.4 Å². The minimum absolute atomic E-state index is 0.195. The van der Waals surface area contributed by atoms with E-state index in [1.165, 1.54) is 11.3 Å². The molecule has 2 aliphatic rings. The number of anilines is 1. The first-order valence-corrected chi connectivity index (χ1v) is 11.7. The molecule has 32 heavy (non-hydrogen) atoms. The summed E-state index contributed by atoms with van der Waals surface area (Å²) in [5.74, 6) is 0.630. The first-order chi connectivity index (χ1) is 15.7. The Kier molecular flexibility index (Phi) is 4.82. The summed E-state index contributed by atoms with van der Waals surface area (Å²) in [6, 6.07) is 11.7. The van der Waals surface area contributed by atoms with Crippen LogP contribution in [0.4, 0.5) is 5.82 Å². The van der Waals surface area contributed by atoms with E-state index in [0.29, 0.717) is 42.2 Å². The zero-order chi connectivity index (χ0) is 21.7. The number of carbonyl (C=O) groups is 1. The molecule has 1 N–H and O–H groups in total. The number of benzene rings is 1. The summed E-state index contributed by atoms with van der Waals surface area (Å²) in [6.07, 6.45) is 0. The third-order valence-electron chi connectivity index (χ3n) is 6.23. The van der Waals surface area contributed by atoms with Gasteiger partial charge in [0.15, 0.2) is 5.65 Å². The first kappa shape index (κ1) is 19.7. The molecular formula is C23H23N5O3S. The topological polar surface area (TPSA) is 79.2 Å². The van der Waals surface area contributed by atoms with Crippen molar-refractivity contribution in [1.29, 1.82) is 0 Å². The molecule has 1 amide bonds. The smallest absolute Gasteiger partial charge is 0.260 e. The van der Waals surface area contributed by atoms with Crippen molar-refractivity contribution < 1.29 is 9.53 Å². The highest BCUT2D eigenvalue weighted by atomic mass is 32.1. The number of aromatic nitrogens is 2. The number of ether oxygens (including phenoxy) is 1. The Hall–Kier alpha value is -3.01. The van der Waals surface area contributed by atoms with Crippen LogP contribution in [0, 0.1) is 0 Å². The van der Waals surface area contributed by atoms with Crippen molar-refractivity contribution >= 4 is 49.1 Å². The van der Waals surface area contributed by atoms with E-state index in [9.17, 15) is 9.59 Å². The van der Waals surface area contributed by atoms with Gasteiger partial charge in [0.1, 0.15) is 16.2 Å². The van der Waals surface area contributed by atoms with Crippen LogP contribution >= 0.6 is 11.3 Å². The zero-order valence-electron chi connectivity index (χ0n) is 17.5. The van der Waals surface area contributed by atoms with Gasteiger partial charge in [0.2, 0.25) is 5.43 Å². The lowest BCUT2D eigenvalue weighted by atomic mass is 10.1. The number of morpholine rings is 1. The van der Waals surface area contributed by atoms with Gasteiger partial charge < -0.3 is 19.9 Å². The third kappa shape index (κ3) is 3.08. The average molecular weight is 450 g/mol. The molecule has 0 bridgehead atoms. The number of hydrogen-bond acceptors (Lipinski definition) is 7. The van der Waals surface area contributed by atoms with Crippen molar-refractivity contribution in [2.75, 3.05) is 57.4 Å². The second kappa shape index (κ2) is 7.84. The molecule has 0 unspecified atom stereocenters. The lowest BCUT2D eigenvalue weighted by Gasteiger charge is -2.28. The van der Waals surface area contributed by atoms with Crippen LogP contribution in [-0.4, -0.2) is 72.7 Å². The molecule has 2 aliphatic heterocycles. The Labute approximate surface area is 188 Å². The van der Waals surface area contributed by atoms with Gasteiger partial charge in [-0.05, 0) is 24.3 Å². The van der Waals surface area contributed by atoms with Gasteiger partial charge in [-0.15, -0.1) is 11.3 Å². The quantitative estimate of drug-likeness (QED) is 0.504. The number of para-hydroxylation sites is 1. The Morgan fingerprint density at radius 2 is 1.81 bits per heavy atom. The Morgan fingerprint density at radius 3 is 2.62 bits per heavy atom. The summed E-state index contributed by atoms with van der Waals surface area (Å²) in [6.45, 7) is 5.52. The number of thiazole rings is 1. The van der Waals surface area contributed by atoms with Gasteiger partial charge in [0.05, 0.1) is 28.8 Å². The molecule has 4 aromatic rings. The van der Waals surface area contributed by atoms with Gasteiger partial charge in [0.25, 0.3) is 5.91 Å². The summed E-state index contributed by atoms with van der Waals surface area (Å²) in [5.41, 5.74) is 1.57. The van der Waals surface area contributed by atoms with E-state index in [1.807, 2.05) is 40.8 Å². The molecule has 8 nitrogen and oxygen atoms in total. The van der Waals surface area contributed by atoms with Crippen LogP contribution in [0.5, 0.6) is 0 Å². The predicted molar refractivity (Wildman–Crippen MR) is 126 cm³/mol. The van der Waals surface area contributed by atoms with Crippen molar-refractivity contribution in [3.8, 4) is 0 Å². The predicted octanol–water partition coefficient (Wildman–Crippen LogP) is 1.94. The van der Waals surface area contributed by atoms with E-state index in [-0.39, 0.29) is 16.9 Å². The van der Waals surface area contributed by atoms with E-state index in [1.54, 1.807) is 4.90 Å². The number of rotatable bonds is 2. The van der Waals surface area contributed by atoms with Crippen molar-refractivity contribution in [2.24, 2.45) is 0 Å². The maximum Gasteiger partial charge on any atom is 0.260 e. The van der Waals surface area contributed by atoms with Crippen molar-refractivity contribution in [2.45, 2.75) is 0 Å². The molecule has 0 aliphatic carbocycles. The Balaban J connectivity index is 1.64. The van der Waals surface area contributed by atoms with Crippen LogP contribution in [-0.2, 0) is 4.74 Å². The molecule has 0 atom stereocenters. The zero-order valence-corrected chi connectivity index (χ0v) is 18.4. The summed E-state index contributed by atoms with van der Waals surface area (Å²) in [7, 11) is 0. The molecular weight excluding hydrogens is 426 g/mol. The van der Waals surface area contributed by atoms with Crippen LogP contribution < -0.4 is 15.6 Å². The van der Waals surface area contributed by atoms with E-state index in [4.69, 9.17) is 9.72 Å². The number of piperazine rings is 1. The number of carbonyl (C=O) groups excluding carboxylic acids is 1. The monoisotopic (exact) mass is 449 g/mol.